The average molecular weight is 354 g/mol. The monoisotopic (exact) mass is 354 g/mol. The quantitative estimate of drug-likeness (QED) is 0.703. The molecule has 4 heteroatoms. The van der Waals surface area contributed by atoms with Gasteiger partial charge in [-0.05, 0) is 78.6 Å². The molecule has 1 aromatic heterocycles. The van der Waals surface area contributed by atoms with E-state index in [1.165, 1.54) is 17.6 Å². The fourth-order valence-corrected chi connectivity index (χ4v) is 7.43. The van der Waals surface area contributed by atoms with E-state index in [-0.39, 0.29) is 22.7 Å². The first-order valence-electron chi connectivity index (χ1n) is 10.2. The molecule has 2 N–H and O–H groups in total. The van der Waals surface area contributed by atoms with Crippen LogP contribution in [0.5, 0.6) is 0 Å². The van der Waals surface area contributed by atoms with Gasteiger partial charge in [0.15, 0.2) is 0 Å². The Labute approximate surface area is 155 Å². The van der Waals surface area contributed by atoms with E-state index < -0.39 is 12.2 Å². The second-order valence-corrected chi connectivity index (χ2v) is 9.86. The van der Waals surface area contributed by atoms with Gasteiger partial charge in [0.2, 0.25) is 0 Å². The first-order valence-corrected chi connectivity index (χ1v) is 10.2. The van der Waals surface area contributed by atoms with Crippen LogP contribution in [0.3, 0.4) is 0 Å². The molecule has 0 aromatic carbocycles. The Kier molecular flexibility index (Phi) is 3.50. The number of aliphatic hydroxyl groups excluding tert-OH is 2. The number of hydrogen-bond donors (Lipinski definition) is 2. The fourth-order valence-electron chi connectivity index (χ4n) is 7.43. The molecule has 0 spiro atoms. The highest BCUT2D eigenvalue weighted by Crippen LogP contribution is 2.66. The largest absolute Gasteiger partial charge is 0.390 e. The summed E-state index contributed by atoms with van der Waals surface area (Å²) in [6.45, 7) is 9.06. The van der Waals surface area contributed by atoms with Crippen molar-refractivity contribution in [1.29, 1.82) is 0 Å². The average Bonchev–Trinajstić information content (AvgIpc) is 2.93. The van der Waals surface area contributed by atoms with Crippen LogP contribution in [0.1, 0.15) is 50.8 Å². The molecule has 1 heterocycles. The zero-order chi connectivity index (χ0) is 18.3. The molecule has 0 bridgehead atoms. The molecular formula is C22H30N2O2. The van der Waals surface area contributed by atoms with Gasteiger partial charge in [0.25, 0.3) is 0 Å². The summed E-state index contributed by atoms with van der Waals surface area (Å²) in [5.74, 6) is 1.15. The molecule has 0 radical (unpaired) electrons. The summed E-state index contributed by atoms with van der Waals surface area (Å²) >= 11 is 0. The Balaban J connectivity index is 1.59. The van der Waals surface area contributed by atoms with Gasteiger partial charge in [-0.1, -0.05) is 26.0 Å². The van der Waals surface area contributed by atoms with Crippen LogP contribution in [0.4, 0.5) is 0 Å². The summed E-state index contributed by atoms with van der Waals surface area (Å²) in [5.41, 5.74) is 3.80. The lowest BCUT2D eigenvalue weighted by molar-refractivity contribution is -0.201. The molecular weight excluding hydrogens is 324 g/mol. The van der Waals surface area contributed by atoms with Gasteiger partial charge < -0.3 is 10.2 Å². The zero-order valence-corrected chi connectivity index (χ0v) is 15.9. The summed E-state index contributed by atoms with van der Waals surface area (Å²) in [6, 6.07) is 0. The van der Waals surface area contributed by atoms with Crippen LogP contribution in [-0.4, -0.2) is 32.4 Å². The van der Waals surface area contributed by atoms with E-state index in [1.807, 2.05) is 6.20 Å². The minimum atomic E-state index is -0.666. The highest BCUT2D eigenvalue weighted by Gasteiger charge is 2.63. The number of aliphatic hydroxyl groups is 2. The van der Waals surface area contributed by atoms with E-state index in [9.17, 15) is 10.2 Å². The van der Waals surface area contributed by atoms with Crippen molar-refractivity contribution in [3.05, 3.63) is 35.9 Å². The molecule has 140 valence electrons. The molecule has 0 unspecified atom stereocenters. The number of hydrogen-bond acceptors (Lipinski definition) is 4. The lowest BCUT2D eigenvalue weighted by Gasteiger charge is -2.62. The second kappa shape index (κ2) is 5.39. The minimum absolute atomic E-state index is 0.00623. The molecule has 4 aliphatic carbocycles. The Hall–Kier alpha value is -1.26. The SMILES string of the molecule is C=C1CC[C@H]2[C@@H]3[C@@H](O)[C@H](O)[C@H]4Cc5ncncc5C[C@]4(C)[C@H]3CC[C@]12C. The van der Waals surface area contributed by atoms with E-state index >= 15 is 0 Å². The van der Waals surface area contributed by atoms with E-state index in [0.717, 1.165) is 37.8 Å². The van der Waals surface area contributed by atoms with Crippen molar-refractivity contribution in [3.8, 4) is 0 Å². The molecule has 26 heavy (non-hydrogen) atoms. The minimum Gasteiger partial charge on any atom is -0.390 e. The molecule has 3 fully saturated rings. The van der Waals surface area contributed by atoms with E-state index in [4.69, 9.17) is 0 Å². The molecule has 1 aromatic rings. The van der Waals surface area contributed by atoms with E-state index in [2.05, 4.69) is 30.4 Å². The number of aromatic nitrogens is 2. The molecule has 0 aliphatic heterocycles. The normalized spacial score (nSPS) is 49.8. The second-order valence-electron chi connectivity index (χ2n) is 9.86. The zero-order valence-electron chi connectivity index (χ0n) is 15.9. The Bertz CT molecular complexity index is 764. The maximum Gasteiger partial charge on any atom is 0.115 e. The highest BCUT2D eigenvalue weighted by atomic mass is 16.3. The smallest absolute Gasteiger partial charge is 0.115 e. The van der Waals surface area contributed by atoms with Crippen molar-refractivity contribution < 1.29 is 10.2 Å². The third kappa shape index (κ3) is 1.98. The number of allylic oxidation sites excluding steroid dienone is 1. The van der Waals surface area contributed by atoms with Gasteiger partial charge in [0, 0.05) is 11.9 Å². The number of fused-ring (bicyclic) bond motifs is 6. The van der Waals surface area contributed by atoms with Crippen molar-refractivity contribution in [3.63, 3.8) is 0 Å². The van der Waals surface area contributed by atoms with Crippen molar-refractivity contribution in [1.82, 2.24) is 9.97 Å². The van der Waals surface area contributed by atoms with Crippen molar-refractivity contribution in [2.45, 2.75) is 64.6 Å². The van der Waals surface area contributed by atoms with Crippen LogP contribution in [-0.2, 0) is 12.8 Å². The summed E-state index contributed by atoms with van der Waals surface area (Å²) in [5, 5.41) is 22.4. The van der Waals surface area contributed by atoms with Crippen LogP contribution in [0.2, 0.25) is 0 Å². The van der Waals surface area contributed by atoms with Crippen LogP contribution in [0, 0.1) is 34.5 Å². The summed E-state index contributed by atoms with van der Waals surface area (Å²) < 4.78 is 0. The highest BCUT2D eigenvalue weighted by molar-refractivity contribution is 5.29. The van der Waals surface area contributed by atoms with Crippen LogP contribution < -0.4 is 0 Å². The maximum absolute atomic E-state index is 11.2. The van der Waals surface area contributed by atoms with Crippen molar-refractivity contribution in [2.24, 2.45) is 34.5 Å². The molecule has 4 nitrogen and oxygen atoms in total. The molecule has 0 amide bonds. The van der Waals surface area contributed by atoms with E-state index in [0.29, 0.717) is 11.8 Å². The van der Waals surface area contributed by atoms with Crippen LogP contribution in [0.25, 0.3) is 0 Å². The Morgan fingerprint density at radius 1 is 1.12 bits per heavy atom. The van der Waals surface area contributed by atoms with Gasteiger partial charge in [0.05, 0.1) is 12.2 Å². The van der Waals surface area contributed by atoms with Gasteiger partial charge in [-0.25, -0.2) is 9.97 Å². The van der Waals surface area contributed by atoms with Crippen LogP contribution in [0.15, 0.2) is 24.7 Å². The molecule has 8 atom stereocenters. The van der Waals surface area contributed by atoms with Gasteiger partial charge >= 0.3 is 0 Å². The van der Waals surface area contributed by atoms with Crippen LogP contribution >= 0.6 is 0 Å². The lowest BCUT2D eigenvalue weighted by Crippen LogP contribution is -2.64. The standard InChI is InChI=1S/C22H30N2O2/c1-12-4-5-14-18-15(6-7-21(12,14)2)22(3)9-13-10-23-11-24-17(13)8-16(22)19(25)20(18)26/h10-11,14-16,18-20,25-26H,1,4-9H2,2-3H3/t14-,15-,16+,18-,19+,20+,21+,22+/m0/s1. The predicted molar refractivity (Wildman–Crippen MR) is 99.2 cm³/mol. The predicted octanol–water partition coefficient (Wildman–Crippen LogP) is 2.93. The van der Waals surface area contributed by atoms with Gasteiger partial charge in [-0.3, -0.25) is 0 Å². The van der Waals surface area contributed by atoms with Gasteiger partial charge in [0.1, 0.15) is 6.33 Å². The van der Waals surface area contributed by atoms with E-state index in [1.54, 1.807) is 6.33 Å². The Morgan fingerprint density at radius 3 is 2.73 bits per heavy atom. The third-order valence-corrected chi connectivity index (χ3v) is 9.00. The number of rotatable bonds is 0. The summed E-state index contributed by atoms with van der Waals surface area (Å²) in [4.78, 5) is 8.71. The van der Waals surface area contributed by atoms with Gasteiger partial charge in [-0.2, -0.15) is 0 Å². The summed E-state index contributed by atoms with van der Waals surface area (Å²) in [7, 11) is 0. The molecule has 3 saturated carbocycles. The maximum atomic E-state index is 11.2. The molecule has 4 aliphatic rings. The summed E-state index contributed by atoms with van der Waals surface area (Å²) in [6.07, 6.45) is 8.42. The first-order chi connectivity index (χ1) is 12.4. The molecule has 5 rings (SSSR count). The fraction of sp³-hybridized carbons (Fsp3) is 0.727. The Morgan fingerprint density at radius 2 is 1.92 bits per heavy atom. The lowest BCUT2D eigenvalue weighted by atomic mass is 9.44. The third-order valence-electron chi connectivity index (χ3n) is 9.00. The number of nitrogens with zero attached hydrogens (tertiary/aromatic N) is 2. The van der Waals surface area contributed by atoms with Gasteiger partial charge in [-0.15, -0.1) is 0 Å². The van der Waals surface area contributed by atoms with Crippen molar-refractivity contribution >= 4 is 0 Å². The van der Waals surface area contributed by atoms with Crippen molar-refractivity contribution in [2.75, 3.05) is 0 Å². The topological polar surface area (TPSA) is 66.2 Å². The molecule has 0 saturated heterocycles. The first kappa shape index (κ1) is 16.9.